The molecule has 4 nitrogen and oxygen atoms in total. The van der Waals surface area contributed by atoms with Crippen LogP contribution in [0.4, 0.5) is 0 Å². The third kappa shape index (κ3) is 1.98. The second-order valence-corrected chi connectivity index (χ2v) is 5.38. The molecule has 0 atom stereocenters. The van der Waals surface area contributed by atoms with Crippen LogP contribution in [-0.4, -0.2) is 27.9 Å². The number of nitrogens with one attached hydrogen (secondary N) is 1. The van der Waals surface area contributed by atoms with Gasteiger partial charge in [-0.3, -0.25) is 4.68 Å². The van der Waals surface area contributed by atoms with Crippen molar-refractivity contribution in [2.75, 3.05) is 13.1 Å². The number of piperidine rings is 1. The third-order valence-corrected chi connectivity index (χ3v) is 3.54. The van der Waals surface area contributed by atoms with E-state index in [9.17, 15) is 0 Å². The van der Waals surface area contributed by atoms with Crippen molar-refractivity contribution < 1.29 is 0 Å². The average Bonchev–Trinajstić information content (AvgIpc) is 2.62. The first-order valence-corrected chi connectivity index (χ1v) is 6.15. The maximum atomic E-state index is 4.73. The Morgan fingerprint density at radius 3 is 2.44 bits per heavy atom. The van der Waals surface area contributed by atoms with E-state index in [0.717, 1.165) is 37.6 Å². The van der Waals surface area contributed by atoms with Crippen LogP contribution in [0.3, 0.4) is 0 Å². The van der Waals surface area contributed by atoms with Gasteiger partial charge in [-0.15, -0.1) is 0 Å². The molecule has 0 amide bonds. The predicted molar refractivity (Wildman–Crippen MR) is 64.5 cm³/mol. The minimum Gasteiger partial charge on any atom is -0.317 e. The molecule has 1 aromatic heterocycles. The van der Waals surface area contributed by atoms with Gasteiger partial charge in [-0.1, -0.05) is 20.8 Å². The zero-order valence-electron chi connectivity index (χ0n) is 10.7. The van der Waals surface area contributed by atoms with E-state index in [-0.39, 0.29) is 5.41 Å². The molecule has 4 heteroatoms. The van der Waals surface area contributed by atoms with Crippen LogP contribution in [-0.2, 0) is 12.5 Å². The summed E-state index contributed by atoms with van der Waals surface area (Å²) in [6, 6.07) is 0. The molecule has 0 bridgehead atoms. The summed E-state index contributed by atoms with van der Waals surface area (Å²) in [6.07, 6.45) is 2.30. The summed E-state index contributed by atoms with van der Waals surface area (Å²) in [7, 11) is 2.02. The van der Waals surface area contributed by atoms with Gasteiger partial charge in [-0.2, -0.15) is 5.10 Å². The number of hydrogen-bond donors (Lipinski definition) is 1. The third-order valence-electron chi connectivity index (χ3n) is 3.54. The Balaban J connectivity index is 2.31. The monoisotopic (exact) mass is 222 g/mol. The van der Waals surface area contributed by atoms with Crippen LogP contribution in [0.25, 0.3) is 0 Å². The fraction of sp³-hybridized carbons (Fsp3) is 0.833. The summed E-state index contributed by atoms with van der Waals surface area (Å²) in [5.74, 6) is 2.53. The molecular weight excluding hydrogens is 200 g/mol. The van der Waals surface area contributed by atoms with Crippen LogP contribution < -0.4 is 5.32 Å². The zero-order chi connectivity index (χ0) is 11.8. The Hall–Kier alpha value is -0.900. The molecule has 1 saturated heterocycles. The molecule has 0 aromatic carbocycles. The Bertz CT molecular complexity index is 361. The highest BCUT2D eigenvalue weighted by Crippen LogP contribution is 2.31. The Labute approximate surface area is 97.5 Å². The van der Waals surface area contributed by atoms with Crippen molar-refractivity contribution in [1.82, 2.24) is 20.1 Å². The topological polar surface area (TPSA) is 42.7 Å². The Morgan fingerprint density at radius 2 is 1.94 bits per heavy atom. The maximum Gasteiger partial charge on any atom is 0.153 e. The molecule has 0 saturated carbocycles. The minimum absolute atomic E-state index is 0.195. The van der Waals surface area contributed by atoms with Gasteiger partial charge in [-0.25, -0.2) is 4.98 Å². The first kappa shape index (κ1) is 11.6. The Morgan fingerprint density at radius 1 is 1.31 bits per heavy atom. The molecule has 16 heavy (non-hydrogen) atoms. The summed E-state index contributed by atoms with van der Waals surface area (Å²) in [6.45, 7) is 8.76. The highest BCUT2D eigenvalue weighted by atomic mass is 15.3. The summed E-state index contributed by atoms with van der Waals surface area (Å²) < 4.78 is 1.97. The molecule has 0 unspecified atom stereocenters. The van der Waals surface area contributed by atoms with Crippen LogP contribution in [0.5, 0.6) is 0 Å². The summed E-state index contributed by atoms with van der Waals surface area (Å²) in [5, 5.41) is 7.92. The van der Waals surface area contributed by atoms with Crippen LogP contribution in [0.1, 0.15) is 51.2 Å². The van der Waals surface area contributed by atoms with E-state index < -0.39 is 0 Å². The number of nitrogens with zero attached hydrogens (tertiary/aromatic N) is 3. The van der Waals surface area contributed by atoms with E-state index in [1.807, 2.05) is 11.7 Å². The molecule has 1 aliphatic rings. The van der Waals surface area contributed by atoms with Crippen molar-refractivity contribution in [1.29, 1.82) is 0 Å². The lowest BCUT2D eigenvalue weighted by Crippen LogP contribution is -2.39. The van der Waals surface area contributed by atoms with Gasteiger partial charge >= 0.3 is 0 Å². The first-order chi connectivity index (χ1) is 7.53. The molecule has 2 rings (SSSR count). The second-order valence-electron chi connectivity index (χ2n) is 5.38. The maximum absolute atomic E-state index is 4.73. The number of aryl methyl sites for hydroxylation is 1. The van der Waals surface area contributed by atoms with Gasteiger partial charge in [-0.05, 0) is 25.9 Å². The lowest BCUT2D eigenvalue weighted by atomic mass is 9.80. The molecular formula is C12H22N4. The zero-order valence-corrected chi connectivity index (χ0v) is 10.7. The fourth-order valence-corrected chi connectivity index (χ4v) is 2.38. The van der Waals surface area contributed by atoms with Crippen molar-refractivity contribution in [2.45, 2.75) is 44.9 Å². The molecule has 0 aliphatic carbocycles. The minimum atomic E-state index is 0.195. The van der Waals surface area contributed by atoms with Crippen molar-refractivity contribution >= 4 is 0 Å². The summed E-state index contributed by atoms with van der Waals surface area (Å²) >= 11 is 0. The number of hydrogen-bond acceptors (Lipinski definition) is 3. The van der Waals surface area contributed by atoms with Gasteiger partial charge in [0.25, 0.3) is 0 Å². The van der Waals surface area contributed by atoms with E-state index in [2.05, 4.69) is 31.2 Å². The Kier molecular flexibility index (Phi) is 3.02. The highest BCUT2D eigenvalue weighted by Gasteiger charge is 2.33. The second kappa shape index (κ2) is 4.17. The van der Waals surface area contributed by atoms with Gasteiger partial charge < -0.3 is 5.32 Å². The van der Waals surface area contributed by atoms with Gasteiger partial charge in [0, 0.05) is 18.4 Å². The molecule has 0 spiro atoms. The molecule has 2 heterocycles. The highest BCUT2D eigenvalue weighted by molar-refractivity contribution is 5.11. The van der Waals surface area contributed by atoms with E-state index in [0.29, 0.717) is 5.92 Å². The fourth-order valence-electron chi connectivity index (χ4n) is 2.38. The predicted octanol–water partition coefficient (Wildman–Crippen LogP) is 1.58. The van der Waals surface area contributed by atoms with Crippen LogP contribution >= 0.6 is 0 Å². The van der Waals surface area contributed by atoms with Crippen molar-refractivity contribution in [3.8, 4) is 0 Å². The molecule has 1 N–H and O–H groups in total. The normalized spacial score (nSPS) is 20.3. The van der Waals surface area contributed by atoms with Gasteiger partial charge in [0.2, 0.25) is 0 Å². The largest absolute Gasteiger partial charge is 0.317 e. The van der Waals surface area contributed by atoms with Crippen LogP contribution in [0, 0.1) is 0 Å². The van der Waals surface area contributed by atoms with E-state index in [1.165, 1.54) is 0 Å². The SMILES string of the molecule is CC(C)c1nc(C2(C)CCNCC2)n(C)n1. The van der Waals surface area contributed by atoms with Gasteiger partial charge in [0.05, 0.1) is 0 Å². The first-order valence-electron chi connectivity index (χ1n) is 6.15. The smallest absolute Gasteiger partial charge is 0.153 e. The summed E-state index contributed by atoms with van der Waals surface area (Å²) in [4.78, 5) is 4.73. The average molecular weight is 222 g/mol. The van der Waals surface area contributed by atoms with E-state index >= 15 is 0 Å². The van der Waals surface area contributed by atoms with E-state index in [4.69, 9.17) is 4.98 Å². The van der Waals surface area contributed by atoms with E-state index in [1.54, 1.807) is 0 Å². The number of rotatable bonds is 2. The molecule has 90 valence electrons. The van der Waals surface area contributed by atoms with Crippen molar-refractivity contribution in [2.24, 2.45) is 7.05 Å². The lowest BCUT2D eigenvalue weighted by Gasteiger charge is -2.32. The standard InChI is InChI=1S/C12H22N4/c1-9(2)10-14-11(16(4)15-10)12(3)5-7-13-8-6-12/h9,13H,5-8H2,1-4H3. The molecule has 1 aliphatic heterocycles. The van der Waals surface area contributed by atoms with Crippen LogP contribution in [0.2, 0.25) is 0 Å². The molecule has 0 radical (unpaired) electrons. The van der Waals surface area contributed by atoms with Crippen LogP contribution in [0.15, 0.2) is 0 Å². The van der Waals surface area contributed by atoms with Crippen molar-refractivity contribution in [3.05, 3.63) is 11.6 Å². The molecule has 1 fully saturated rings. The van der Waals surface area contributed by atoms with Crippen molar-refractivity contribution in [3.63, 3.8) is 0 Å². The molecule has 1 aromatic rings. The summed E-state index contributed by atoms with van der Waals surface area (Å²) in [5.41, 5.74) is 0.195. The number of aromatic nitrogens is 3. The van der Waals surface area contributed by atoms with Gasteiger partial charge in [0.1, 0.15) is 5.82 Å². The quantitative estimate of drug-likeness (QED) is 0.826. The lowest BCUT2D eigenvalue weighted by molar-refractivity contribution is 0.309. The van der Waals surface area contributed by atoms with Gasteiger partial charge in [0.15, 0.2) is 5.82 Å².